The molecule has 0 aliphatic heterocycles. The van der Waals surface area contributed by atoms with Crippen LogP contribution < -0.4 is 0 Å². The van der Waals surface area contributed by atoms with Crippen molar-refractivity contribution >= 4 is 0 Å². The summed E-state index contributed by atoms with van der Waals surface area (Å²) in [5.74, 6) is 0. The Kier molecular flexibility index (Phi) is 56500. The molecule has 0 saturated heterocycles. The van der Waals surface area contributed by atoms with E-state index in [4.69, 9.17) is 11.8 Å². The average molecular weight is 103 g/mol. The van der Waals surface area contributed by atoms with Crippen molar-refractivity contribution < 1.29 is 22.3 Å². The van der Waals surface area contributed by atoms with Gasteiger partial charge in [-0.05, 0) is 0 Å². The van der Waals surface area contributed by atoms with Gasteiger partial charge in [-0.3, -0.25) is 0 Å². The minimum atomic E-state index is 0. The summed E-state index contributed by atoms with van der Waals surface area (Å²) in [6.45, 7) is 4.75. The Morgan fingerprint density at radius 3 is 1.25 bits per heavy atom. The monoisotopic (exact) mass is 103 g/mol. The second kappa shape index (κ2) is 5980. The molecular formula is CH2CoNO. The third-order valence-corrected chi connectivity index (χ3v) is 0. The molecule has 0 aromatic carbocycles. The molecule has 0 fully saturated rings. The molecule has 0 aliphatic carbocycles. The van der Waals surface area contributed by atoms with Gasteiger partial charge in [0.15, 0.2) is 6.57 Å². The molecule has 0 aliphatic rings. The molecule has 0 aromatic rings. The number of hydrogen-bond donors (Lipinski definition) is 0. The summed E-state index contributed by atoms with van der Waals surface area (Å²) in [5.41, 5.74) is 0. The Morgan fingerprint density at radius 2 is 1.25 bits per heavy atom. The third-order valence-electron chi connectivity index (χ3n) is 0. The van der Waals surface area contributed by atoms with Crippen LogP contribution >= 0.6 is 0 Å². The van der Waals surface area contributed by atoms with Gasteiger partial charge in [0, 0.05) is 16.8 Å². The van der Waals surface area contributed by atoms with Crippen LogP contribution in [0.15, 0.2) is 0 Å². The summed E-state index contributed by atoms with van der Waals surface area (Å²) < 4.78 is 0. The van der Waals surface area contributed by atoms with Gasteiger partial charge >= 0.3 is 0 Å². The van der Waals surface area contributed by atoms with Crippen LogP contribution in [-0.4, -0.2) is 5.48 Å². The van der Waals surface area contributed by atoms with Crippen molar-refractivity contribution in [2.24, 2.45) is 0 Å². The topological polar surface area (TPSA) is 55.3 Å². The van der Waals surface area contributed by atoms with Gasteiger partial charge in [-0.1, -0.05) is 0 Å². The second-order valence-electron chi connectivity index (χ2n) is 0. The number of rotatable bonds is 0. The van der Waals surface area contributed by atoms with Crippen molar-refractivity contribution in [3.8, 4) is 0 Å². The molecule has 0 aromatic heterocycles. The summed E-state index contributed by atoms with van der Waals surface area (Å²) in [5, 5.41) is 6.25. The normalized spacial score (nSPS) is 0.500. The molecule has 0 saturated carbocycles. The van der Waals surface area contributed by atoms with Crippen molar-refractivity contribution in [3.63, 3.8) is 0 Å². The van der Waals surface area contributed by atoms with Crippen LogP contribution in [0, 0.1) is 11.8 Å². The SMILES string of the molecule is O.[C]#N.[Co]. The van der Waals surface area contributed by atoms with Crippen LogP contribution in [0.4, 0.5) is 0 Å². The molecule has 0 spiro atoms. The van der Waals surface area contributed by atoms with Crippen LogP contribution in [0.2, 0.25) is 0 Å². The molecule has 0 rings (SSSR count). The maximum atomic E-state index is 6.25. The van der Waals surface area contributed by atoms with E-state index >= 15 is 0 Å². The Bertz CT molecular complexity index is 12.8. The van der Waals surface area contributed by atoms with Gasteiger partial charge in [-0.2, -0.15) is 5.26 Å². The Labute approximate surface area is 34.9 Å². The van der Waals surface area contributed by atoms with Crippen LogP contribution in [-0.2, 0) is 16.8 Å². The number of hydrogen-bond acceptors (Lipinski definition) is 1. The third kappa shape index (κ3) is 946. The maximum absolute atomic E-state index is 6.25. The van der Waals surface area contributed by atoms with E-state index in [9.17, 15) is 0 Å². The fraction of sp³-hybridized carbons (Fsp3) is 0. The molecular weight excluding hydrogens is 101 g/mol. The number of nitrogens with zero attached hydrogens (tertiary/aromatic N) is 1. The molecule has 4 heavy (non-hydrogen) atoms. The van der Waals surface area contributed by atoms with E-state index in [1.54, 1.807) is 0 Å². The van der Waals surface area contributed by atoms with Gasteiger partial charge in [0.1, 0.15) is 0 Å². The molecule has 2 radical (unpaired) electrons. The van der Waals surface area contributed by atoms with Crippen LogP contribution in [0.3, 0.4) is 0 Å². The molecule has 0 unspecified atom stereocenters. The standard InChI is InChI=1S/CN.Co.H2O/c1-2;;/h;;1H2. The van der Waals surface area contributed by atoms with Gasteiger partial charge < -0.3 is 5.48 Å². The van der Waals surface area contributed by atoms with Gasteiger partial charge in [0.05, 0.1) is 0 Å². The maximum Gasteiger partial charge on any atom is 0.181 e. The van der Waals surface area contributed by atoms with E-state index in [-0.39, 0.29) is 22.3 Å². The summed E-state index contributed by atoms with van der Waals surface area (Å²) in [6, 6.07) is 0. The minimum absolute atomic E-state index is 0. The molecule has 0 atom stereocenters. The predicted octanol–water partition coefficient (Wildman–Crippen LogP) is -0.731. The summed E-state index contributed by atoms with van der Waals surface area (Å²) in [7, 11) is 0. The van der Waals surface area contributed by atoms with Gasteiger partial charge in [0.25, 0.3) is 0 Å². The first kappa shape index (κ1) is 37.8. The zero-order chi connectivity index (χ0) is 2.00. The van der Waals surface area contributed by atoms with Gasteiger partial charge in [-0.25, -0.2) is 0 Å². The molecule has 0 bridgehead atoms. The van der Waals surface area contributed by atoms with Crippen LogP contribution in [0.25, 0.3) is 0 Å². The van der Waals surface area contributed by atoms with E-state index in [1.165, 1.54) is 0 Å². The molecule has 3 heteroatoms. The molecule has 0 amide bonds. The summed E-state index contributed by atoms with van der Waals surface area (Å²) in [6.07, 6.45) is 0. The minimum Gasteiger partial charge on any atom is -0.412 e. The first-order chi connectivity index (χ1) is 1.00. The van der Waals surface area contributed by atoms with Crippen LogP contribution in [0.1, 0.15) is 0 Å². The Balaban J connectivity index is -0.00000000500. The predicted molar refractivity (Wildman–Crippen MR) is 8.58 cm³/mol. The van der Waals surface area contributed by atoms with E-state index in [0.29, 0.717) is 0 Å². The molecule has 2 N–H and O–H groups in total. The first-order valence-electron chi connectivity index (χ1n) is 0.224. The fourth-order valence-corrected chi connectivity index (χ4v) is 0. The van der Waals surface area contributed by atoms with Crippen molar-refractivity contribution in [1.82, 2.24) is 0 Å². The van der Waals surface area contributed by atoms with Crippen molar-refractivity contribution in [1.29, 1.82) is 5.26 Å². The quantitative estimate of drug-likeness (QED) is 0.398. The summed E-state index contributed by atoms with van der Waals surface area (Å²) >= 11 is 0. The molecule has 2 nitrogen and oxygen atoms in total. The zero-order valence-corrected chi connectivity index (χ0v) is 2.82. The zero-order valence-electron chi connectivity index (χ0n) is 1.78. The van der Waals surface area contributed by atoms with E-state index in [2.05, 4.69) is 0 Å². The van der Waals surface area contributed by atoms with Gasteiger partial charge in [0.2, 0.25) is 0 Å². The Hall–Kier alpha value is -0.0435. The first-order valence-corrected chi connectivity index (χ1v) is 0.224. The Morgan fingerprint density at radius 1 is 1.25 bits per heavy atom. The average Bonchev–Trinajstić information content (AvgIpc) is 1.00. The van der Waals surface area contributed by atoms with E-state index in [0.717, 1.165) is 0 Å². The second-order valence-corrected chi connectivity index (χ2v) is 0. The summed E-state index contributed by atoms with van der Waals surface area (Å²) in [4.78, 5) is 0. The van der Waals surface area contributed by atoms with Crippen molar-refractivity contribution in [3.05, 3.63) is 6.57 Å². The van der Waals surface area contributed by atoms with Crippen molar-refractivity contribution in [2.75, 3.05) is 0 Å². The van der Waals surface area contributed by atoms with Gasteiger partial charge in [-0.15, -0.1) is 0 Å². The fourth-order valence-electron chi connectivity index (χ4n) is 0. The van der Waals surface area contributed by atoms with E-state index in [1.807, 2.05) is 0 Å². The van der Waals surface area contributed by atoms with Crippen LogP contribution in [0.5, 0.6) is 0 Å². The molecule has 26 valence electrons. The van der Waals surface area contributed by atoms with E-state index < -0.39 is 0 Å². The van der Waals surface area contributed by atoms with Crippen molar-refractivity contribution in [2.45, 2.75) is 0 Å². The molecule has 0 heterocycles. The largest absolute Gasteiger partial charge is 0.412 e. The smallest absolute Gasteiger partial charge is 0.181 e.